The van der Waals surface area contributed by atoms with Gasteiger partial charge in [0.15, 0.2) is 0 Å². The van der Waals surface area contributed by atoms with Gasteiger partial charge in [-0.15, -0.1) is 0 Å². The molecule has 0 aromatic heterocycles. The van der Waals surface area contributed by atoms with Crippen LogP contribution in [0.25, 0.3) is 0 Å². The highest BCUT2D eigenvalue weighted by Crippen LogP contribution is 2.33. The number of nitrogens with two attached hydrogens (primary N) is 1. The molecule has 1 aliphatic heterocycles. The maximum absolute atomic E-state index is 11.4. The number of allylic oxidation sites excluding steroid dienone is 2. The summed E-state index contributed by atoms with van der Waals surface area (Å²) in [5.41, 5.74) is 8.08. The van der Waals surface area contributed by atoms with Crippen LogP contribution in [0.5, 0.6) is 5.75 Å². The third-order valence-electron chi connectivity index (χ3n) is 7.02. The van der Waals surface area contributed by atoms with E-state index in [0.29, 0.717) is 18.1 Å². The van der Waals surface area contributed by atoms with Gasteiger partial charge in [-0.3, -0.25) is 4.79 Å². The lowest BCUT2D eigenvalue weighted by Gasteiger charge is -2.23. The van der Waals surface area contributed by atoms with Crippen LogP contribution >= 0.6 is 24.2 Å². The van der Waals surface area contributed by atoms with Crippen molar-refractivity contribution in [2.75, 3.05) is 38.0 Å². The van der Waals surface area contributed by atoms with Crippen LogP contribution in [0.1, 0.15) is 67.3 Å². The van der Waals surface area contributed by atoms with Crippen LogP contribution < -0.4 is 15.4 Å². The topological polar surface area (TPSA) is 75.8 Å². The number of thiol groups is 1. The molecule has 2 aliphatic rings. The van der Waals surface area contributed by atoms with Gasteiger partial charge in [0.05, 0.1) is 12.3 Å². The number of amides is 1. The second-order valence-corrected chi connectivity index (χ2v) is 10.9. The van der Waals surface area contributed by atoms with Gasteiger partial charge >= 0.3 is 0 Å². The maximum Gasteiger partial charge on any atom is 0.248 e. The Morgan fingerprint density at radius 1 is 1.16 bits per heavy atom. The van der Waals surface area contributed by atoms with Gasteiger partial charge in [0.2, 0.25) is 5.91 Å². The van der Waals surface area contributed by atoms with E-state index in [0.717, 1.165) is 61.0 Å². The summed E-state index contributed by atoms with van der Waals surface area (Å²) in [5.74, 6) is 2.88. The zero-order chi connectivity index (χ0) is 27.8. The number of unbranched alkanes of at least 4 members (excludes halogenated alkanes) is 1. The summed E-state index contributed by atoms with van der Waals surface area (Å²) >= 11 is 10.2. The molecule has 0 spiro atoms. The molecule has 1 atom stereocenters. The van der Waals surface area contributed by atoms with Gasteiger partial charge in [0, 0.05) is 37.2 Å². The van der Waals surface area contributed by atoms with Crippen molar-refractivity contribution in [3.63, 3.8) is 0 Å². The maximum atomic E-state index is 11.4. The third-order valence-corrected chi connectivity index (χ3v) is 7.57. The molecule has 0 radical (unpaired) electrons. The number of aliphatic hydroxyl groups is 1. The number of hydrogen-bond acceptors (Lipinski definition) is 5. The monoisotopic (exact) mass is 560 g/mol. The molecule has 1 unspecified atom stereocenters. The van der Waals surface area contributed by atoms with Crippen molar-refractivity contribution in [3.05, 3.63) is 70.8 Å². The Balaban J connectivity index is 0.000000327. The SMILES string of the molecule is CN1CC(CCCc2cccc(Cl)c2)COc2ccc(C(N)=O)cc21.CO.SCCC/C=C/CC1CCC1. The molecule has 1 aliphatic carbocycles. The first-order chi connectivity index (χ1) is 18.5. The molecular weight excluding hydrogens is 516 g/mol. The fourth-order valence-electron chi connectivity index (χ4n) is 4.64. The second kappa shape index (κ2) is 18.2. The zero-order valence-electron chi connectivity index (χ0n) is 22.9. The molecule has 2 aromatic rings. The first-order valence-corrected chi connectivity index (χ1v) is 14.7. The molecule has 1 heterocycles. The van der Waals surface area contributed by atoms with Gasteiger partial charge in [-0.2, -0.15) is 12.6 Å². The zero-order valence-corrected chi connectivity index (χ0v) is 24.6. The molecule has 1 fully saturated rings. The van der Waals surface area contributed by atoms with Crippen LogP contribution in [0, 0.1) is 11.8 Å². The number of halogens is 1. The van der Waals surface area contributed by atoms with E-state index in [-0.39, 0.29) is 0 Å². The van der Waals surface area contributed by atoms with E-state index in [9.17, 15) is 4.79 Å². The number of nitrogens with zero attached hydrogens (tertiary/aromatic N) is 1. The largest absolute Gasteiger partial charge is 0.491 e. The molecular formula is C31H45ClN2O3S. The summed E-state index contributed by atoms with van der Waals surface area (Å²) in [5, 5.41) is 7.79. The van der Waals surface area contributed by atoms with Crippen LogP contribution in [-0.4, -0.2) is 44.1 Å². The van der Waals surface area contributed by atoms with Gasteiger partial charge in [-0.05, 0) is 86.1 Å². The molecule has 5 nitrogen and oxygen atoms in total. The summed E-state index contributed by atoms with van der Waals surface area (Å²) in [6.07, 6.45) is 16.0. The van der Waals surface area contributed by atoms with Crippen LogP contribution in [0.2, 0.25) is 5.02 Å². The Morgan fingerprint density at radius 3 is 2.61 bits per heavy atom. The summed E-state index contributed by atoms with van der Waals surface area (Å²) < 4.78 is 5.97. The summed E-state index contributed by atoms with van der Waals surface area (Å²) in [4.78, 5) is 13.5. The normalized spacial score (nSPS) is 16.7. The molecule has 210 valence electrons. The quantitative estimate of drug-likeness (QED) is 0.167. The van der Waals surface area contributed by atoms with Gasteiger partial charge in [0.1, 0.15) is 5.75 Å². The van der Waals surface area contributed by atoms with Crippen molar-refractivity contribution < 1.29 is 14.6 Å². The number of anilines is 1. The number of aryl methyl sites for hydroxylation is 1. The third kappa shape index (κ3) is 11.3. The van der Waals surface area contributed by atoms with Gasteiger partial charge < -0.3 is 20.5 Å². The van der Waals surface area contributed by atoms with E-state index in [1.54, 1.807) is 6.07 Å². The lowest BCUT2D eigenvalue weighted by atomic mass is 9.83. The minimum absolute atomic E-state index is 0.418. The van der Waals surface area contributed by atoms with Crippen molar-refractivity contribution in [1.29, 1.82) is 0 Å². The number of fused-ring (bicyclic) bond motifs is 1. The molecule has 3 N–H and O–H groups in total. The minimum Gasteiger partial charge on any atom is -0.491 e. The van der Waals surface area contributed by atoms with E-state index >= 15 is 0 Å². The Bertz CT molecular complexity index is 997. The molecule has 0 bridgehead atoms. The Hall–Kier alpha value is -2.15. The smallest absolute Gasteiger partial charge is 0.248 e. The van der Waals surface area contributed by atoms with Crippen LogP contribution in [0.4, 0.5) is 5.69 Å². The van der Waals surface area contributed by atoms with E-state index in [1.165, 1.54) is 44.1 Å². The molecule has 7 heteroatoms. The minimum atomic E-state index is -0.418. The molecule has 38 heavy (non-hydrogen) atoms. The predicted molar refractivity (Wildman–Crippen MR) is 164 cm³/mol. The fourth-order valence-corrected chi connectivity index (χ4v) is 5.04. The van der Waals surface area contributed by atoms with E-state index in [2.05, 4.69) is 35.7 Å². The van der Waals surface area contributed by atoms with E-state index < -0.39 is 5.91 Å². The van der Waals surface area contributed by atoms with Crippen LogP contribution in [0.3, 0.4) is 0 Å². The van der Waals surface area contributed by atoms with Gasteiger partial charge in [-0.25, -0.2) is 0 Å². The standard InChI is InChI=1S/C20H23ClN2O2.C10H18S.CH4O/c1-23-12-15(6-2-4-14-5-3-7-17(21)10-14)13-25-19-9-8-16(20(22)24)11-18(19)23;11-9-4-2-1-3-6-10-7-5-8-10;1-2/h3,5,7-11,15H,2,4,6,12-13H2,1H3,(H2,22,24);1,3,10-11H,2,4-9H2;2H,1H3/b;3-1+;. The van der Waals surface area contributed by atoms with E-state index in [1.807, 2.05) is 37.4 Å². The van der Waals surface area contributed by atoms with Crippen molar-refractivity contribution in [2.24, 2.45) is 17.6 Å². The summed E-state index contributed by atoms with van der Waals surface area (Å²) in [6.45, 7) is 1.58. The average Bonchev–Trinajstić information content (AvgIpc) is 3.05. The number of benzene rings is 2. The van der Waals surface area contributed by atoms with Crippen LogP contribution in [-0.2, 0) is 6.42 Å². The summed E-state index contributed by atoms with van der Waals surface area (Å²) in [7, 11) is 3.03. The number of carbonyl (C=O) groups excluding carboxylic acids is 1. The average molecular weight is 561 g/mol. The Labute approximate surface area is 239 Å². The van der Waals surface area contributed by atoms with Gasteiger partial charge in [-0.1, -0.05) is 55.1 Å². The fraction of sp³-hybridized carbons (Fsp3) is 0.516. The van der Waals surface area contributed by atoms with E-state index in [4.69, 9.17) is 27.2 Å². The van der Waals surface area contributed by atoms with Crippen molar-refractivity contribution in [3.8, 4) is 5.75 Å². The highest BCUT2D eigenvalue weighted by molar-refractivity contribution is 7.80. The Kier molecular flexibility index (Phi) is 15.4. The number of carbonyl (C=O) groups is 1. The number of aliphatic hydroxyl groups excluding tert-OH is 1. The molecule has 1 amide bonds. The van der Waals surface area contributed by atoms with Crippen molar-refractivity contribution in [1.82, 2.24) is 0 Å². The number of ether oxygens (including phenoxy) is 1. The first-order valence-electron chi connectivity index (χ1n) is 13.7. The molecule has 4 rings (SSSR count). The molecule has 0 saturated heterocycles. The van der Waals surface area contributed by atoms with Gasteiger partial charge in [0.25, 0.3) is 0 Å². The van der Waals surface area contributed by atoms with Crippen LogP contribution in [0.15, 0.2) is 54.6 Å². The van der Waals surface area contributed by atoms with Crippen molar-refractivity contribution >= 4 is 35.8 Å². The predicted octanol–water partition coefficient (Wildman–Crippen LogP) is 6.96. The highest BCUT2D eigenvalue weighted by Gasteiger charge is 2.21. The number of rotatable bonds is 10. The summed E-state index contributed by atoms with van der Waals surface area (Å²) in [6, 6.07) is 13.4. The first kappa shape index (κ1) is 32.1. The van der Waals surface area contributed by atoms with Crippen molar-refractivity contribution in [2.45, 2.75) is 57.8 Å². The second-order valence-electron chi connectivity index (χ2n) is 10.00. The lowest BCUT2D eigenvalue weighted by molar-refractivity contribution is 0.100. The lowest BCUT2D eigenvalue weighted by Crippen LogP contribution is -2.26. The number of hydrogen-bond donors (Lipinski definition) is 3. The number of primary amides is 1. The Morgan fingerprint density at radius 2 is 1.95 bits per heavy atom. The molecule has 1 saturated carbocycles. The molecule has 2 aromatic carbocycles. The highest BCUT2D eigenvalue weighted by atomic mass is 35.5.